The van der Waals surface area contributed by atoms with Gasteiger partial charge in [0.1, 0.15) is 11.6 Å². The number of piperidine rings is 1. The second-order valence-electron chi connectivity index (χ2n) is 6.56. The molecule has 3 rings (SSSR count). The van der Waals surface area contributed by atoms with Crippen molar-refractivity contribution in [3.05, 3.63) is 54.0 Å². The first-order valence-corrected chi connectivity index (χ1v) is 9.62. The molecule has 0 spiro atoms. The van der Waals surface area contributed by atoms with Crippen LogP contribution in [0.3, 0.4) is 0 Å². The minimum atomic E-state index is -0.197. The number of aromatic nitrogens is 1. The van der Waals surface area contributed by atoms with Crippen molar-refractivity contribution in [2.24, 2.45) is 0 Å². The Morgan fingerprint density at radius 1 is 1.08 bits per heavy atom. The second-order valence-corrected chi connectivity index (χ2v) is 6.97. The van der Waals surface area contributed by atoms with Crippen LogP contribution in [0, 0.1) is 5.82 Å². The largest absolute Gasteiger partial charge is 0.362 e. The number of rotatable bonds is 6. The molecule has 1 aromatic heterocycles. The quantitative estimate of drug-likeness (QED) is 0.589. The van der Waals surface area contributed by atoms with E-state index in [1.807, 2.05) is 30.5 Å². The van der Waals surface area contributed by atoms with Gasteiger partial charge in [0.05, 0.1) is 11.9 Å². The van der Waals surface area contributed by atoms with E-state index in [2.05, 4.69) is 20.5 Å². The number of benzene rings is 1. The molecule has 26 heavy (non-hydrogen) atoms. The zero-order valence-electron chi connectivity index (χ0n) is 14.9. The molecular formula is C20H25FN4S. The molecule has 0 saturated carbocycles. The molecule has 0 radical (unpaired) electrons. The lowest BCUT2D eigenvalue weighted by Gasteiger charge is -2.27. The molecule has 2 aromatic rings. The highest BCUT2D eigenvalue weighted by atomic mass is 32.1. The number of hydrogen-bond acceptors (Lipinski definition) is 3. The lowest BCUT2D eigenvalue weighted by atomic mass is 10.1. The third-order valence-corrected chi connectivity index (χ3v) is 4.77. The number of aryl methyl sites for hydroxylation is 1. The Kier molecular flexibility index (Phi) is 6.77. The third kappa shape index (κ3) is 5.66. The molecule has 0 bridgehead atoms. The highest BCUT2D eigenvalue weighted by Crippen LogP contribution is 2.18. The van der Waals surface area contributed by atoms with E-state index in [1.165, 1.54) is 31.4 Å². The molecule has 6 heteroatoms. The van der Waals surface area contributed by atoms with Crippen LogP contribution >= 0.6 is 12.2 Å². The van der Waals surface area contributed by atoms with Gasteiger partial charge < -0.3 is 15.5 Å². The summed E-state index contributed by atoms with van der Waals surface area (Å²) in [5, 5.41) is 6.96. The van der Waals surface area contributed by atoms with E-state index in [9.17, 15) is 4.39 Å². The SMILES string of the molecule is Fc1ccc(CCCNC(=S)Nc2ccc(N3CCCCC3)nc2)cc1. The number of halogens is 1. The van der Waals surface area contributed by atoms with Gasteiger partial charge in [0.2, 0.25) is 0 Å². The predicted molar refractivity (Wildman–Crippen MR) is 109 cm³/mol. The van der Waals surface area contributed by atoms with Crippen molar-refractivity contribution in [1.82, 2.24) is 10.3 Å². The Morgan fingerprint density at radius 2 is 1.85 bits per heavy atom. The van der Waals surface area contributed by atoms with Gasteiger partial charge in [-0.3, -0.25) is 0 Å². The smallest absolute Gasteiger partial charge is 0.170 e. The first kappa shape index (κ1) is 18.6. The average Bonchev–Trinajstić information content (AvgIpc) is 2.68. The van der Waals surface area contributed by atoms with E-state index in [1.54, 1.807) is 0 Å². The van der Waals surface area contributed by atoms with Crippen LogP contribution < -0.4 is 15.5 Å². The summed E-state index contributed by atoms with van der Waals surface area (Å²) >= 11 is 5.33. The van der Waals surface area contributed by atoms with Crippen molar-refractivity contribution in [2.75, 3.05) is 29.9 Å². The van der Waals surface area contributed by atoms with Gasteiger partial charge in [-0.05, 0) is 74.2 Å². The molecule has 0 aliphatic carbocycles. The van der Waals surface area contributed by atoms with Crippen molar-refractivity contribution < 1.29 is 4.39 Å². The summed E-state index contributed by atoms with van der Waals surface area (Å²) in [5.74, 6) is 0.839. The maximum atomic E-state index is 12.9. The molecule has 0 atom stereocenters. The lowest BCUT2D eigenvalue weighted by Crippen LogP contribution is -2.30. The van der Waals surface area contributed by atoms with Crippen molar-refractivity contribution >= 4 is 28.8 Å². The fourth-order valence-corrected chi connectivity index (χ4v) is 3.31. The standard InChI is InChI=1S/C20H25FN4S/c21-17-8-6-16(7-9-17)5-4-12-22-20(26)24-18-10-11-19(23-15-18)25-13-2-1-3-14-25/h6-11,15H,1-5,12-14H2,(H2,22,24,26). The van der Waals surface area contributed by atoms with Gasteiger partial charge in [-0.1, -0.05) is 12.1 Å². The third-order valence-electron chi connectivity index (χ3n) is 4.53. The second kappa shape index (κ2) is 9.48. The molecule has 1 aliphatic rings. The predicted octanol–water partition coefficient (Wildman–Crippen LogP) is 4.13. The van der Waals surface area contributed by atoms with Crippen molar-refractivity contribution in [3.63, 3.8) is 0 Å². The van der Waals surface area contributed by atoms with E-state index in [-0.39, 0.29) is 5.82 Å². The van der Waals surface area contributed by atoms with Crippen LogP contribution in [0.1, 0.15) is 31.2 Å². The number of hydrogen-bond donors (Lipinski definition) is 2. The first-order chi connectivity index (χ1) is 12.7. The van der Waals surface area contributed by atoms with Gasteiger partial charge in [0.25, 0.3) is 0 Å². The van der Waals surface area contributed by atoms with Crippen molar-refractivity contribution in [3.8, 4) is 0 Å². The maximum absolute atomic E-state index is 12.9. The Labute approximate surface area is 159 Å². The van der Waals surface area contributed by atoms with Gasteiger partial charge in [-0.25, -0.2) is 9.37 Å². The van der Waals surface area contributed by atoms with Crippen LogP contribution in [0.4, 0.5) is 15.9 Å². The molecule has 138 valence electrons. The van der Waals surface area contributed by atoms with E-state index >= 15 is 0 Å². The molecule has 1 aliphatic heterocycles. The summed E-state index contributed by atoms with van der Waals surface area (Å²) in [6.07, 6.45) is 7.45. The van der Waals surface area contributed by atoms with Gasteiger partial charge in [0.15, 0.2) is 5.11 Å². The fourth-order valence-electron chi connectivity index (χ4n) is 3.09. The maximum Gasteiger partial charge on any atom is 0.170 e. The monoisotopic (exact) mass is 372 g/mol. The topological polar surface area (TPSA) is 40.2 Å². The molecule has 0 unspecified atom stereocenters. The fraction of sp³-hybridized carbons (Fsp3) is 0.400. The lowest BCUT2D eigenvalue weighted by molar-refractivity contribution is 0.573. The summed E-state index contributed by atoms with van der Waals surface area (Å²) in [7, 11) is 0. The van der Waals surface area contributed by atoms with Crippen LogP contribution in [0.15, 0.2) is 42.6 Å². The number of nitrogens with zero attached hydrogens (tertiary/aromatic N) is 2. The van der Waals surface area contributed by atoms with Crippen LogP contribution in [0.5, 0.6) is 0 Å². The first-order valence-electron chi connectivity index (χ1n) is 9.21. The van der Waals surface area contributed by atoms with Gasteiger partial charge in [-0.2, -0.15) is 0 Å². The molecule has 1 aromatic carbocycles. The Balaban J connectivity index is 1.38. The molecule has 2 heterocycles. The van der Waals surface area contributed by atoms with Crippen LogP contribution in [0.2, 0.25) is 0 Å². The Bertz CT molecular complexity index is 697. The zero-order chi connectivity index (χ0) is 18.2. The zero-order valence-corrected chi connectivity index (χ0v) is 15.7. The van der Waals surface area contributed by atoms with Gasteiger partial charge in [-0.15, -0.1) is 0 Å². The van der Waals surface area contributed by atoms with E-state index in [4.69, 9.17) is 12.2 Å². The summed E-state index contributed by atoms with van der Waals surface area (Å²) in [6, 6.07) is 10.7. The average molecular weight is 373 g/mol. The Morgan fingerprint density at radius 3 is 2.54 bits per heavy atom. The number of anilines is 2. The number of pyridine rings is 1. The summed E-state index contributed by atoms with van der Waals surface area (Å²) < 4.78 is 12.9. The van der Waals surface area contributed by atoms with Crippen LogP contribution in [-0.2, 0) is 6.42 Å². The van der Waals surface area contributed by atoms with Crippen LogP contribution in [-0.4, -0.2) is 29.7 Å². The molecular weight excluding hydrogens is 347 g/mol. The highest BCUT2D eigenvalue weighted by molar-refractivity contribution is 7.80. The minimum absolute atomic E-state index is 0.197. The molecule has 1 saturated heterocycles. The molecule has 1 fully saturated rings. The molecule has 2 N–H and O–H groups in total. The number of nitrogens with one attached hydrogen (secondary N) is 2. The van der Waals surface area contributed by atoms with Gasteiger partial charge in [0, 0.05) is 19.6 Å². The number of thiocarbonyl (C=S) groups is 1. The van der Waals surface area contributed by atoms with E-state index in [0.29, 0.717) is 5.11 Å². The summed E-state index contributed by atoms with van der Waals surface area (Å²) in [5.41, 5.74) is 2.02. The van der Waals surface area contributed by atoms with E-state index < -0.39 is 0 Å². The van der Waals surface area contributed by atoms with Crippen molar-refractivity contribution in [1.29, 1.82) is 0 Å². The summed E-state index contributed by atoms with van der Waals surface area (Å²) in [4.78, 5) is 6.88. The van der Waals surface area contributed by atoms with E-state index in [0.717, 1.165) is 49.5 Å². The van der Waals surface area contributed by atoms with Gasteiger partial charge >= 0.3 is 0 Å². The minimum Gasteiger partial charge on any atom is -0.362 e. The molecule has 4 nitrogen and oxygen atoms in total. The summed E-state index contributed by atoms with van der Waals surface area (Å²) in [6.45, 7) is 2.95. The Hall–Kier alpha value is -2.21. The highest BCUT2D eigenvalue weighted by Gasteiger charge is 2.11. The van der Waals surface area contributed by atoms with Crippen molar-refractivity contribution in [2.45, 2.75) is 32.1 Å². The normalized spacial score (nSPS) is 14.1. The molecule has 0 amide bonds. The van der Waals surface area contributed by atoms with Crippen LogP contribution in [0.25, 0.3) is 0 Å².